The highest BCUT2D eigenvalue weighted by atomic mass is 16.1. The minimum atomic E-state index is -0.246. The summed E-state index contributed by atoms with van der Waals surface area (Å²) in [5, 5.41) is 12.2. The molecule has 1 aliphatic rings. The van der Waals surface area contributed by atoms with Crippen LogP contribution < -0.4 is 10.2 Å². The Kier molecular flexibility index (Phi) is 5.62. The smallest absolute Gasteiger partial charge is 0.257 e. The summed E-state index contributed by atoms with van der Waals surface area (Å²) in [4.78, 5) is 30.4. The van der Waals surface area contributed by atoms with Crippen molar-refractivity contribution in [2.75, 3.05) is 43.4 Å². The maximum absolute atomic E-state index is 12.9. The van der Waals surface area contributed by atoms with E-state index < -0.39 is 0 Å². The van der Waals surface area contributed by atoms with Crippen LogP contribution in [0.3, 0.4) is 0 Å². The zero-order chi connectivity index (χ0) is 22.8. The van der Waals surface area contributed by atoms with Crippen LogP contribution in [0.5, 0.6) is 0 Å². The van der Waals surface area contributed by atoms with Crippen LogP contribution in [-0.4, -0.2) is 69.2 Å². The second-order valence-electron chi connectivity index (χ2n) is 8.17. The number of aromatic nitrogens is 5. The SMILES string of the molecule is Cc1ncc(-c2ccc3nnc(NC(=O)c4ccnc(N5CCN(C)CC5)c4)cc3c2)cn1. The van der Waals surface area contributed by atoms with Gasteiger partial charge in [-0.3, -0.25) is 4.79 Å². The van der Waals surface area contributed by atoms with Crippen molar-refractivity contribution in [3.05, 3.63) is 66.4 Å². The van der Waals surface area contributed by atoms with Crippen molar-refractivity contribution in [1.29, 1.82) is 0 Å². The molecule has 4 aromatic rings. The zero-order valence-corrected chi connectivity index (χ0v) is 18.6. The Morgan fingerprint density at radius 1 is 0.909 bits per heavy atom. The van der Waals surface area contributed by atoms with Crippen LogP contribution in [0.15, 0.2) is 55.0 Å². The fourth-order valence-corrected chi connectivity index (χ4v) is 3.78. The molecule has 0 spiro atoms. The second-order valence-corrected chi connectivity index (χ2v) is 8.17. The molecule has 1 aliphatic heterocycles. The van der Waals surface area contributed by atoms with Gasteiger partial charge in [-0.15, -0.1) is 10.2 Å². The third-order valence-corrected chi connectivity index (χ3v) is 5.78. The number of nitrogens with one attached hydrogen (secondary N) is 1. The number of pyridine rings is 1. The van der Waals surface area contributed by atoms with E-state index in [2.05, 4.69) is 47.3 Å². The molecule has 5 rings (SSSR count). The molecule has 9 heteroatoms. The van der Waals surface area contributed by atoms with Crippen molar-refractivity contribution < 1.29 is 4.79 Å². The topological polar surface area (TPSA) is 100 Å². The average Bonchev–Trinajstić information content (AvgIpc) is 2.84. The summed E-state index contributed by atoms with van der Waals surface area (Å²) >= 11 is 0. The molecular weight excluding hydrogens is 416 g/mol. The molecule has 3 aromatic heterocycles. The third kappa shape index (κ3) is 4.63. The Balaban J connectivity index is 1.36. The van der Waals surface area contributed by atoms with E-state index in [0.717, 1.165) is 59.9 Å². The summed E-state index contributed by atoms with van der Waals surface area (Å²) in [6.07, 6.45) is 5.26. The van der Waals surface area contributed by atoms with E-state index in [-0.39, 0.29) is 5.91 Å². The highest BCUT2D eigenvalue weighted by molar-refractivity contribution is 6.04. The summed E-state index contributed by atoms with van der Waals surface area (Å²) in [5.74, 6) is 1.68. The second kappa shape index (κ2) is 8.87. The molecule has 1 fully saturated rings. The number of aryl methyl sites for hydroxylation is 1. The number of hydrogen-bond donors (Lipinski definition) is 1. The fourth-order valence-electron chi connectivity index (χ4n) is 3.78. The van der Waals surface area contributed by atoms with Crippen LogP contribution >= 0.6 is 0 Å². The molecule has 1 saturated heterocycles. The first-order valence-corrected chi connectivity index (χ1v) is 10.8. The third-order valence-electron chi connectivity index (χ3n) is 5.78. The molecule has 0 bridgehead atoms. The Morgan fingerprint density at radius 2 is 1.70 bits per heavy atom. The summed E-state index contributed by atoms with van der Waals surface area (Å²) < 4.78 is 0. The molecule has 0 radical (unpaired) electrons. The average molecular weight is 441 g/mol. The van der Waals surface area contributed by atoms with Crippen LogP contribution in [0.2, 0.25) is 0 Å². The van der Waals surface area contributed by atoms with Crippen molar-refractivity contribution in [3.8, 4) is 11.1 Å². The molecule has 0 unspecified atom stereocenters. The minimum Gasteiger partial charge on any atom is -0.354 e. The lowest BCUT2D eigenvalue weighted by Crippen LogP contribution is -2.44. The number of rotatable bonds is 4. The number of carbonyl (C=O) groups is 1. The van der Waals surface area contributed by atoms with E-state index in [0.29, 0.717) is 11.4 Å². The lowest BCUT2D eigenvalue weighted by molar-refractivity contribution is 0.102. The molecule has 1 aromatic carbocycles. The summed E-state index contributed by atoms with van der Waals surface area (Å²) in [6, 6.07) is 11.2. The Hall–Kier alpha value is -3.98. The zero-order valence-electron chi connectivity index (χ0n) is 18.6. The van der Waals surface area contributed by atoms with Crippen molar-refractivity contribution in [1.82, 2.24) is 30.0 Å². The Morgan fingerprint density at radius 3 is 2.48 bits per heavy atom. The Labute approximate surface area is 191 Å². The minimum absolute atomic E-state index is 0.246. The highest BCUT2D eigenvalue weighted by Gasteiger charge is 2.17. The Bertz CT molecular complexity index is 1300. The van der Waals surface area contributed by atoms with E-state index in [1.54, 1.807) is 24.7 Å². The molecule has 4 heterocycles. The molecular formula is C24H24N8O. The summed E-state index contributed by atoms with van der Waals surface area (Å²) in [6.45, 7) is 5.58. The number of carbonyl (C=O) groups excluding carboxylic acids is 1. The van der Waals surface area contributed by atoms with Crippen LogP contribution in [0.25, 0.3) is 22.0 Å². The van der Waals surface area contributed by atoms with Crippen molar-refractivity contribution in [2.45, 2.75) is 6.92 Å². The molecule has 0 atom stereocenters. The van der Waals surface area contributed by atoms with Crippen molar-refractivity contribution >= 4 is 28.4 Å². The van der Waals surface area contributed by atoms with Gasteiger partial charge in [-0.05, 0) is 49.9 Å². The van der Waals surface area contributed by atoms with Crippen LogP contribution in [0.1, 0.15) is 16.2 Å². The van der Waals surface area contributed by atoms with Crippen LogP contribution in [-0.2, 0) is 0 Å². The quantitative estimate of drug-likeness (QED) is 0.517. The van der Waals surface area contributed by atoms with Crippen LogP contribution in [0, 0.1) is 6.92 Å². The van der Waals surface area contributed by atoms with Gasteiger partial charge in [0, 0.05) is 61.3 Å². The van der Waals surface area contributed by atoms with Gasteiger partial charge >= 0.3 is 0 Å². The number of nitrogens with zero attached hydrogens (tertiary/aromatic N) is 7. The first kappa shape index (κ1) is 20.9. The van der Waals surface area contributed by atoms with E-state index >= 15 is 0 Å². The van der Waals surface area contributed by atoms with Gasteiger partial charge in [-0.1, -0.05) is 6.07 Å². The van der Waals surface area contributed by atoms with E-state index in [9.17, 15) is 4.79 Å². The number of anilines is 2. The molecule has 1 amide bonds. The summed E-state index contributed by atoms with van der Waals surface area (Å²) in [7, 11) is 2.11. The number of hydrogen-bond acceptors (Lipinski definition) is 8. The van der Waals surface area contributed by atoms with Gasteiger partial charge in [0.05, 0.1) is 5.52 Å². The maximum Gasteiger partial charge on any atom is 0.257 e. The molecule has 33 heavy (non-hydrogen) atoms. The van der Waals surface area contributed by atoms with Crippen LogP contribution in [0.4, 0.5) is 11.6 Å². The molecule has 9 nitrogen and oxygen atoms in total. The van der Waals surface area contributed by atoms with Gasteiger partial charge < -0.3 is 15.1 Å². The first-order chi connectivity index (χ1) is 16.0. The van der Waals surface area contributed by atoms with E-state index in [1.807, 2.05) is 37.3 Å². The maximum atomic E-state index is 12.9. The normalized spacial score (nSPS) is 14.4. The van der Waals surface area contributed by atoms with E-state index in [1.165, 1.54) is 0 Å². The van der Waals surface area contributed by atoms with Crippen molar-refractivity contribution in [3.63, 3.8) is 0 Å². The largest absolute Gasteiger partial charge is 0.354 e. The molecule has 166 valence electrons. The number of fused-ring (bicyclic) bond motifs is 1. The molecule has 1 N–H and O–H groups in total. The summed E-state index contributed by atoms with van der Waals surface area (Å²) in [5.41, 5.74) is 3.16. The molecule has 0 aliphatic carbocycles. The molecule has 0 saturated carbocycles. The van der Waals surface area contributed by atoms with Gasteiger partial charge in [0.25, 0.3) is 5.91 Å². The fraction of sp³-hybridized carbons (Fsp3) is 0.250. The predicted molar refractivity (Wildman–Crippen MR) is 127 cm³/mol. The van der Waals surface area contributed by atoms with Gasteiger partial charge in [-0.25, -0.2) is 15.0 Å². The lowest BCUT2D eigenvalue weighted by atomic mass is 10.1. The van der Waals surface area contributed by atoms with E-state index in [4.69, 9.17) is 0 Å². The lowest BCUT2D eigenvalue weighted by Gasteiger charge is -2.33. The van der Waals surface area contributed by atoms with Crippen molar-refractivity contribution in [2.24, 2.45) is 0 Å². The first-order valence-electron chi connectivity index (χ1n) is 10.8. The van der Waals surface area contributed by atoms with Gasteiger partial charge in [0.15, 0.2) is 5.82 Å². The monoisotopic (exact) mass is 440 g/mol. The number of amides is 1. The number of likely N-dealkylation sites (N-methyl/N-ethyl adjacent to an activating group) is 1. The number of benzene rings is 1. The highest BCUT2D eigenvalue weighted by Crippen LogP contribution is 2.24. The van der Waals surface area contributed by atoms with Gasteiger partial charge in [0.1, 0.15) is 11.6 Å². The standard InChI is InChI=1S/C24H24N8O/c1-16-26-14-20(15-27-16)17-3-4-21-19(11-17)12-22(30-29-21)28-24(33)18-5-6-25-23(13-18)32-9-7-31(2)8-10-32/h3-6,11-15H,7-10H2,1-2H3,(H,28,30,33). The predicted octanol–water partition coefficient (Wildman–Crippen LogP) is 2.79. The number of piperazine rings is 1. The van der Waals surface area contributed by atoms with Gasteiger partial charge in [-0.2, -0.15) is 0 Å². The van der Waals surface area contributed by atoms with Gasteiger partial charge in [0.2, 0.25) is 0 Å².